The number of aliphatic hydroxyl groups excluding tert-OH is 1. The lowest BCUT2D eigenvalue weighted by atomic mass is 10.1. The molecule has 0 aromatic rings. The van der Waals surface area contributed by atoms with E-state index in [1.54, 1.807) is 0 Å². The quantitative estimate of drug-likeness (QED) is 0.274. The molecule has 0 aliphatic rings. The van der Waals surface area contributed by atoms with Crippen LogP contribution in [-0.4, -0.2) is 17.6 Å². The van der Waals surface area contributed by atoms with Gasteiger partial charge in [-0.15, -0.1) is 0 Å². The number of aliphatic hydroxyl groups is 1. The van der Waals surface area contributed by atoms with Crippen molar-refractivity contribution in [3.05, 3.63) is 48.6 Å². The number of carbonyl (C=O) groups is 1. The highest BCUT2D eigenvalue weighted by Crippen LogP contribution is 2.06. The van der Waals surface area contributed by atoms with Crippen molar-refractivity contribution in [2.45, 2.75) is 77.0 Å². The number of primary amides is 1. The van der Waals surface area contributed by atoms with Crippen LogP contribution >= 0.6 is 0 Å². The summed E-state index contributed by atoms with van der Waals surface area (Å²) in [5.41, 5.74) is 5.08. The smallest absolute Gasteiger partial charge is 0.217 e. The van der Waals surface area contributed by atoms with Gasteiger partial charge in [-0.25, -0.2) is 0 Å². The molecule has 0 radical (unpaired) electrons. The van der Waals surface area contributed by atoms with Gasteiger partial charge in [0.25, 0.3) is 0 Å². The molecule has 0 unspecified atom stereocenters. The second kappa shape index (κ2) is 20.4. The molecule has 142 valence electrons. The highest BCUT2D eigenvalue weighted by molar-refractivity contribution is 5.73. The van der Waals surface area contributed by atoms with E-state index in [2.05, 4.69) is 48.6 Å². The molecular weight excluding hydrogens is 310 g/mol. The molecule has 0 aromatic heterocycles. The van der Waals surface area contributed by atoms with Crippen LogP contribution in [0, 0.1) is 0 Å². The van der Waals surface area contributed by atoms with Gasteiger partial charge in [-0.2, -0.15) is 0 Å². The summed E-state index contributed by atoms with van der Waals surface area (Å²) in [6.07, 6.45) is 29.7. The second-order valence-corrected chi connectivity index (χ2v) is 6.23. The number of nitrogens with two attached hydrogens (primary N) is 1. The second-order valence-electron chi connectivity index (χ2n) is 6.23. The molecule has 3 N–H and O–H groups in total. The van der Waals surface area contributed by atoms with Crippen LogP contribution in [0.4, 0.5) is 0 Å². The third-order valence-electron chi connectivity index (χ3n) is 3.81. The summed E-state index contributed by atoms with van der Waals surface area (Å²) >= 11 is 0. The van der Waals surface area contributed by atoms with Crippen LogP contribution in [0.3, 0.4) is 0 Å². The molecule has 0 saturated carbocycles. The van der Waals surface area contributed by atoms with Gasteiger partial charge in [0, 0.05) is 13.0 Å². The molecule has 0 saturated heterocycles. The number of carbonyl (C=O) groups excluding carboxylic acids is 1. The summed E-state index contributed by atoms with van der Waals surface area (Å²) in [6.45, 7) is 0.330. The average molecular weight is 348 g/mol. The zero-order valence-electron chi connectivity index (χ0n) is 15.7. The van der Waals surface area contributed by atoms with Crippen molar-refractivity contribution >= 4 is 5.91 Å². The monoisotopic (exact) mass is 347 g/mol. The van der Waals surface area contributed by atoms with E-state index >= 15 is 0 Å². The predicted octanol–water partition coefficient (Wildman–Crippen LogP) is 5.37. The Bertz CT molecular complexity index is 408. The Kier molecular flexibility index (Phi) is 19.1. The van der Waals surface area contributed by atoms with Gasteiger partial charge in [-0.05, 0) is 51.4 Å². The van der Waals surface area contributed by atoms with Crippen LogP contribution in [-0.2, 0) is 4.79 Å². The summed E-state index contributed by atoms with van der Waals surface area (Å²) in [6, 6.07) is 0. The third kappa shape index (κ3) is 22.4. The lowest BCUT2D eigenvalue weighted by Gasteiger charge is -1.97. The highest BCUT2D eigenvalue weighted by Gasteiger charge is 1.90. The van der Waals surface area contributed by atoms with Crippen LogP contribution < -0.4 is 5.73 Å². The predicted molar refractivity (Wildman–Crippen MR) is 108 cm³/mol. The Morgan fingerprint density at radius 2 is 1.08 bits per heavy atom. The molecule has 0 atom stereocenters. The number of unbranched alkanes of at least 4 members (excludes halogenated alkanes) is 6. The summed E-state index contributed by atoms with van der Waals surface area (Å²) in [4.78, 5) is 10.6. The molecule has 0 spiro atoms. The molecule has 25 heavy (non-hydrogen) atoms. The Morgan fingerprint density at radius 1 is 0.640 bits per heavy atom. The summed E-state index contributed by atoms with van der Waals surface area (Å²) in [5, 5.41) is 8.69. The van der Waals surface area contributed by atoms with Gasteiger partial charge in [0.2, 0.25) is 5.91 Å². The first-order valence-electron chi connectivity index (χ1n) is 9.76. The van der Waals surface area contributed by atoms with Gasteiger partial charge in [0.1, 0.15) is 0 Å². The minimum Gasteiger partial charge on any atom is -0.396 e. The molecule has 3 nitrogen and oxygen atoms in total. The molecule has 0 aliphatic heterocycles. The van der Waals surface area contributed by atoms with Crippen LogP contribution in [0.2, 0.25) is 0 Å². The molecular formula is C22H37NO2. The van der Waals surface area contributed by atoms with Crippen molar-refractivity contribution in [1.82, 2.24) is 0 Å². The lowest BCUT2D eigenvalue weighted by Crippen LogP contribution is -2.09. The number of allylic oxidation sites excluding steroid dienone is 8. The van der Waals surface area contributed by atoms with Crippen LogP contribution in [0.5, 0.6) is 0 Å². The van der Waals surface area contributed by atoms with E-state index < -0.39 is 0 Å². The maximum Gasteiger partial charge on any atom is 0.217 e. The van der Waals surface area contributed by atoms with E-state index in [0.29, 0.717) is 13.0 Å². The molecule has 0 rings (SSSR count). The maximum absolute atomic E-state index is 10.6. The van der Waals surface area contributed by atoms with Crippen molar-refractivity contribution in [3.8, 4) is 0 Å². The van der Waals surface area contributed by atoms with Gasteiger partial charge in [0.15, 0.2) is 0 Å². The van der Waals surface area contributed by atoms with Gasteiger partial charge < -0.3 is 10.8 Å². The topological polar surface area (TPSA) is 63.3 Å². The standard InChI is InChI=1S/C22H37NO2/c23-22(25)20-18-16-14-12-10-8-6-4-2-1-3-5-7-9-11-13-15-17-19-21-24/h1-2,5-8,12,14,24H,3-4,9-11,13,15-21H2,(H2,23,25). The average Bonchev–Trinajstić information content (AvgIpc) is 2.60. The number of rotatable bonds is 17. The van der Waals surface area contributed by atoms with Crippen molar-refractivity contribution < 1.29 is 9.90 Å². The Labute approximate surface area is 154 Å². The first kappa shape index (κ1) is 23.4. The van der Waals surface area contributed by atoms with Crippen LogP contribution in [0.25, 0.3) is 0 Å². The summed E-state index contributed by atoms with van der Waals surface area (Å²) in [5.74, 6) is -0.218. The zero-order valence-corrected chi connectivity index (χ0v) is 15.7. The molecule has 0 bridgehead atoms. The van der Waals surface area contributed by atoms with E-state index in [1.807, 2.05) is 0 Å². The number of hydrogen-bond donors (Lipinski definition) is 2. The van der Waals surface area contributed by atoms with E-state index in [-0.39, 0.29) is 5.91 Å². The van der Waals surface area contributed by atoms with Gasteiger partial charge in [0.05, 0.1) is 0 Å². The fraction of sp³-hybridized carbons (Fsp3) is 0.591. The maximum atomic E-state index is 10.6. The first-order valence-corrected chi connectivity index (χ1v) is 9.76. The number of hydrogen-bond acceptors (Lipinski definition) is 2. The van der Waals surface area contributed by atoms with Crippen molar-refractivity contribution in [3.63, 3.8) is 0 Å². The SMILES string of the molecule is NC(=O)CCCC=CCC=CCC=CCC=CCCCCCCCO. The van der Waals surface area contributed by atoms with E-state index in [0.717, 1.165) is 44.9 Å². The van der Waals surface area contributed by atoms with Crippen molar-refractivity contribution in [1.29, 1.82) is 0 Å². The van der Waals surface area contributed by atoms with Gasteiger partial charge >= 0.3 is 0 Å². The molecule has 3 heteroatoms. The van der Waals surface area contributed by atoms with Crippen molar-refractivity contribution in [2.24, 2.45) is 5.73 Å². The summed E-state index contributed by atoms with van der Waals surface area (Å²) in [7, 11) is 0. The Morgan fingerprint density at radius 3 is 1.60 bits per heavy atom. The minimum absolute atomic E-state index is 0.218. The minimum atomic E-state index is -0.218. The van der Waals surface area contributed by atoms with Crippen LogP contribution in [0.1, 0.15) is 77.0 Å². The molecule has 0 fully saturated rings. The van der Waals surface area contributed by atoms with Crippen LogP contribution in [0.15, 0.2) is 48.6 Å². The molecule has 0 heterocycles. The zero-order chi connectivity index (χ0) is 18.4. The Balaban J connectivity index is 3.37. The molecule has 0 aromatic carbocycles. The molecule has 1 amide bonds. The fourth-order valence-electron chi connectivity index (χ4n) is 2.35. The van der Waals surface area contributed by atoms with E-state index in [9.17, 15) is 4.79 Å². The normalized spacial score (nSPS) is 12.4. The molecule has 0 aliphatic carbocycles. The third-order valence-corrected chi connectivity index (χ3v) is 3.81. The first-order chi connectivity index (χ1) is 12.3. The summed E-state index contributed by atoms with van der Waals surface area (Å²) < 4.78 is 0. The van der Waals surface area contributed by atoms with Crippen molar-refractivity contribution in [2.75, 3.05) is 6.61 Å². The van der Waals surface area contributed by atoms with Gasteiger partial charge in [-0.3, -0.25) is 4.79 Å². The number of amides is 1. The van der Waals surface area contributed by atoms with E-state index in [4.69, 9.17) is 10.8 Å². The lowest BCUT2D eigenvalue weighted by molar-refractivity contribution is -0.118. The fourth-order valence-corrected chi connectivity index (χ4v) is 2.35. The van der Waals surface area contributed by atoms with E-state index in [1.165, 1.54) is 25.7 Å². The largest absolute Gasteiger partial charge is 0.396 e. The van der Waals surface area contributed by atoms with Gasteiger partial charge in [-0.1, -0.05) is 67.9 Å². The Hall–Kier alpha value is -1.61. The highest BCUT2D eigenvalue weighted by atomic mass is 16.2.